The average molecular weight is 294 g/mol. The van der Waals surface area contributed by atoms with Gasteiger partial charge in [-0.2, -0.15) is 11.8 Å². The zero-order chi connectivity index (χ0) is 14.5. The molecule has 0 spiro atoms. The summed E-state index contributed by atoms with van der Waals surface area (Å²) in [6.07, 6.45) is 0. The standard InChI is InChI=1S/C15H22N2O2S/c1-11(12-6-4-5-7-14(12)19-3)17(2)15(18)13-10-20-9-8-16-13/h4-7,11,13,16H,8-10H2,1-3H3. The van der Waals surface area contributed by atoms with Gasteiger partial charge in [0.15, 0.2) is 0 Å². The SMILES string of the molecule is COc1ccccc1C(C)N(C)C(=O)C1CSCCN1. The Kier molecular flexibility index (Phi) is 5.31. The topological polar surface area (TPSA) is 41.6 Å². The normalized spacial score (nSPS) is 20.2. The number of amides is 1. The van der Waals surface area contributed by atoms with Crippen LogP contribution in [0.4, 0.5) is 0 Å². The number of rotatable bonds is 4. The van der Waals surface area contributed by atoms with Crippen LogP contribution in [0.2, 0.25) is 0 Å². The zero-order valence-electron chi connectivity index (χ0n) is 12.3. The maximum Gasteiger partial charge on any atom is 0.240 e. The van der Waals surface area contributed by atoms with Gasteiger partial charge in [0.2, 0.25) is 5.91 Å². The summed E-state index contributed by atoms with van der Waals surface area (Å²) in [5, 5.41) is 3.29. The van der Waals surface area contributed by atoms with E-state index in [1.807, 2.05) is 50.0 Å². The molecule has 1 heterocycles. The molecule has 4 nitrogen and oxygen atoms in total. The van der Waals surface area contributed by atoms with Gasteiger partial charge in [-0.15, -0.1) is 0 Å². The molecule has 1 aliphatic heterocycles. The van der Waals surface area contributed by atoms with Crippen LogP contribution in [-0.2, 0) is 4.79 Å². The number of carbonyl (C=O) groups excluding carboxylic acids is 1. The van der Waals surface area contributed by atoms with E-state index in [2.05, 4.69) is 5.32 Å². The van der Waals surface area contributed by atoms with Gasteiger partial charge in [0.05, 0.1) is 19.2 Å². The average Bonchev–Trinajstić information content (AvgIpc) is 2.53. The van der Waals surface area contributed by atoms with Crippen molar-refractivity contribution in [1.82, 2.24) is 10.2 Å². The van der Waals surface area contributed by atoms with Crippen LogP contribution in [0.3, 0.4) is 0 Å². The van der Waals surface area contributed by atoms with Gasteiger partial charge in [-0.25, -0.2) is 0 Å². The lowest BCUT2D eigenvalue weighted by Gasteiger charge is -2.31. The fraction of sp³-hybridized carbons (Fsp3) is 0.533. The van der Waals surface area contributed by atoms with E-state index in [4.69, 9.17) is 4.74 Å². The molecule has 1 aromatic carbocycles. The number of carbonyl (C=O) groups is 1. The predicted molar refractivity (Wildman–Crippen MR) is 83.3 cm³/mol. The van der Waals surface area contributed by atoms with Crippen LogP contribution in [0.15, 0.2) is 24.3 Å². The second-order valence-corrected chi connectivity index (χ2v) is 6.10. The number of hydrogen-bond donors (Lipinski definition) is 1. The highest BCUT2D eigenvalue weighted by atomic mass is 32.2. The zero-order valence-corrected chi connectivity index (χ0v) is 13.1. The third-order valence-electron chi connectivity index (χ3n) is 3.74. The van der Waals surface area contributed by atoms with E-state index in [1.54, 1.807) is 12.0 Å². The van der Waals surface area contributed by atoms with Crippen LogP contribution in [0.5, 0.6) is 5.75 Å². The summed E-state index contributed by atoms with van der Waals surface area (Å²) in [6.45, 7) is 2.93. The van der Waals surface area contributed by atoms with Gasteiger partial charge in [0.25, 0.3) is 0 Å². The Hall–Kier alpha value is -1.20. The van der Waals surface area contributed by atoms with Crippen molar-refractivity contribution in [3.63, 3.8) is 0 Å². The molecule has 0 saturated carbocycles. The molecule has 0 aliphatic carbocycles. The minimum Gasteiger partial charge on any atom is -0.496 e. The van der Waals surface area contributed by atoms with E-state index in [0.717, 1.165) is 29.4 Å². The molecule has 1 aromatic rings. The van der Waals surface area contributed by atoms with Gasteiger partial charge in [0.1, 0.15) is 5.75 Å². The van der Waals surface area contributed by atoms with E-state index >= 15 is 0 Å². The summed E-state index contributed by atoms with van der Waals surface area (Å²) in [5.41, 5.74) is 1.04. The third-order valence-corrected chi connectivity index (χ3v) is 4.80. The summed E-state index contributed by atoms with van der Waals surface area (Å²) in [4.78, 5) is 14.3. The molecule has 1 N–H and O–H groups in total. The molecule has 0 radical (unpaired) electrons. The monoisotopic (exact) mass is 294 g/mol. The number of nitrogens with one attached hydrogen (secondary N) is 1. The van der Waals surface area contributed by atoms with Crippen LogP contribution in [0, 0.1) is 0 Å². The first-order valence-electron chi connectivity index (χ1n) is 6.86. The van der Waals surface area contributed by atoms with Crippen molar-refractivity contribution in [2.45, 2.75) is 19.0 Å². The molecule has 0 aromatic heterocycles. The summed E-state index contributed by atoms with van der Waals surface area (Å²) in [5.74, 6) is 2.90. The number of thioether (sulfide) groups is 1. The molecule has 5 heteroatoms. The van der Waals surface area contributed by atoms with Gasteiger partial charge >= 0.3 is 0 Å². The van der Waals surface area contributed by atoms with Crippen LogP contribution in [0.25, 0.3) is 0 Å². The highest BCUT2D eigenvalue weighted by Crippen LogP contribution is 2.28. The Labute approximate surface area is 124 Å². The highest BCUT2D eigenvalue weighted by Gasteiger charge is 2.27. The first-order valence-corrected chi connectivity index (χ1v) is 8.01. The van der Waals surface area contributed by atoms with Crippen molar-refractivity contribution in [2.24, 2.45) is 0 Å². The number of methoxy groups -OCH3 is 1. The molecule has 1 saturated heterocycles. The highest BCUT2D eigenvalue weighted by molar-refractivity contribution is 7.99. The van der Waals surface area contributed by atoms with Gasteiger partial charge in [0, 0.05) is 30.7 Å². The number of likely N-dealkylation sites (N-methyl/N-ethyl adjacent to an activating group) is 1. The maximum absolute atomic E-state index is 12.5. The molecule has 0 bridgehead atoms. The summed E-state index contributed by atoms with van der Waals surface area (Å²) in [7, 11) is 3.52. The fourth-order valence-corrected chi connectivity index (χ4v) is 3.31. The third kappa shape index (κ3) is 3.27. The van der Waals surface area contributed by atoms with Crippen molar-refractivity contribution in [3.05, 3.63) is 29.8 Å². The number of hydrogen-bond acceptors (Lipinski definition) is 4. The molecule has 1 aliphatic rings. The fourth-order valence-electron chi connectivity index (χ4n) is 2.38. The largest absolute Gasteiger partial charge is 0.496 e. The molecule has 2 unspecified atom stereocenters. The van der Waals surface area contributed by atoms with Crippen LogP contribution in [-0.4, -0.2) is 49.1 Å². The smallest absolute Gasteiger partial charge is 0.240 e. The molecule has 1 amide bonds. The number of ether oxygens (including phenoxy) is 1. The number of para-hydroxylation sites is 1. The lowest BCUT2D eigenvalue weighted by molar-refractivity contribution is -0.133. The van der Waals surface area contributed by atoms with Crippen molar-refractivity contribution >= 4 is 17.7 Å². The van der Waals surface area contributed by atoms with E-state index in [0.29, 0.717) is 0 Å². The lowest BCUT2D eigenvalue weighted by Crippen LogP contribution is -2.50. The Bertz CT molecular complexity index is 461. The number of nitrogens with zero attached hydrogens (tertiary/aromatic N) is 1. The van der Waals surface area contributed by atoms with Crippen molar-refractivity contribution in [3.8, 4) is 5.75 Å². The Morgan fingerprint density at radius 3 is 2.90 bits per heavy atom. The van der Waals surface area contributed by atoms with E-state index in [1.165, 1.54) is 0 Å². The van der Waals surface area contributed by atoms with Crippen molar-refractivity contribution in [1.29, 1.82) is 0 Å². The van der Waals surface area contributed by atoms with Crippen molar-refractivity contribution < 1.29 is 9.53 Å². The van der Waals surface area contributed by atoms with Gasteiger partial charge in [-0.1, -0.05) is 18.2 Å². The van der Waals surface area contributed by atoms with Crippen LogP contribution in [0.1, 0.15) is 18.5 Å². The Morgan fingerprint density at radius 1 is 1.50 bits per heavy atom. The molecule has 1 fully saturated rings. The minimum absolute atomic E-state index is 0.00706. The maximum atomic E-state index is 12.5. The van der Waals surface area contributed by atoms with E-state index < -0.39 is 0 Å². The van der Waals surface area contributed by atoms with Gasteiger partial charge in [-0.05, 0) is 13.0 Å². The Morgan fingerprint density at radius 2 is 2.25 bits per heavy atom. The molecule has 110 valence electrons. The Balaban J connectivity index is 2.11. The summed E-state index contributed by atoms with van der Waals surface area (Å²) in [6, 6.07) is 7.77. The van der Waals surface area contributed by atoms with Crippen LogP contribution >= 0.6 is 11.8 Å². The summed E-state index contributed by atoms with van der Waals surface area (Å²) < 4.78 is 5.38. The number of benzene rings is 1. The van der Waals surface area contributed by atoms with Crippen LogP contribution < -0.4 is 10.1 Å². The van der Waals surface area contributed by atoms with Gasteiger partial charge < -0.3 is 15.0 Å². The van der Waals surface area contributed by atoms with E-state index in [-0.39, 0.29) is 18.0 Å². The van der Waals surface area contributed by atoms with E-state index in [9.17, 15) is 4.79 Å². The summed E-state index contributed by atoms with van der Waals surface area (Å²) >= 11 is 1.83. The quantitative estimate of drug-likeness (QED) is 0.921. The second-order valence-electron chi connectivity index (χ2n) is 4.95. The first-order chi connectivity index (χ1) is 9.65. The van der Waals surface area contributed by atoms with Gasteiger partial charge in [-0.3, -0.25) is 4.79 Å². The molecular formula is C15H22N2O2S. The molecule has 2 rings (SSSR count). The lowest BCUT2D eigenvalue weighted by atomic mass is 10.1. The second kappa shape index (κ2) is 6.99. The molecular weight excluding hydrogens is 272 g/mol. The first kappa shape index (κ1) is 15.2. The predicted octanol–water partition coefficient (Wildman–Crippen LogP) is 1.92. The molecule has 20 heavy (non-hydrogen) atoms. The minimum atomic E-state index is -0.0732. The molecule has 2 atom stereocenters. The van der Waals surface area contributed by atoms with Crippen molar-refractivity contribution in [2.75, 3.05) is 32.2 Å².